The van der Waals surface area contributed by atoms with Gasteiger partial charge in [-0.1, -0.05) is 38.0 Å². The monoisotopic (exact) mass is 229 g/mol. The van der Waals surface area contributed by atoms with Crippen molar-refractivity contribution in [1.29, 1.82) is 0 Å². The standard InChI is InChI=1S/C15H19NO/c1-4-11-16(12-5-2)15(17)14-10-8-7-9-13(14)6-3/h1,7-10H,5-6,11-12H2,2-3H3. The van der Waals surface area contributed by atoms with Gasteiger partial charge in [-0.3, -0.25) is 4.79 Å². The zero-order chi connectivity index (χ0) is 12.7. The van der Waals surface area contributed by atoms with E-state index in [2.05, 4.69) is 12.8 Å². The lowest BCUT2D eigenvalue weighted by Gasteiger charge is -2.20. The molecule has 0 heterocycles. The highest BCUT2D eigenvalue weighted by atomic mass is 16.2. The number of benzene rings is 1. The third-order valence-electron chi connectivity index (χ3n) is 2.69. The van der Waals surface area contributed by atoms with Gasteiger partial charge in [0.2, 0.25) is 0 Å². The number of aryl methyl sites for hydroxylation is 1. The zero-order valence-electron chi connectivity index (χ0n) is 10.6. The average Bonchev–Trinajstić information content (AvgIpc) is 2.37. The second kappa shape index (κ2) is 6.75. The number of amides is 1. The van der Waals surface area contributed by atoms with Crippen molar-refractivity contribution in [2.75, 3.05) is 13.1 Å². The van der Waals surface area contributed by atoms with Crippen LogP contribution in [-0.4, -0.2) is 23.9 Å². The lowest BCUT2D eigenvalue weighted by molar-refractivity contribution is 0.0776. The fourth-order valence-electron chi connectivity index (χ4n) is 1.84. The molecule has 0 saturated carbocycles. The molecular formula is C15H19NO. The molecule has 0 radical (unpaired) electrons. The van der Waals surface area contributed by atoms with Crippen LogP contribution in [0.3, 0.4) is 0 Å². The molecule has 0 unspecified atom stereocenters. The first-order chi connectivity index (χ1) is 8.24. The summed E-state index contributed by atoms with van der Waals surface area (Å²) in [6.07, 6.45) is 7.08. The Kier molecular flexibility index (Phi) is 5.29. The smallest absolute Gasteiger partial charge is 0.254 e. The molecule has 1 aromatic carbocycles. The Bertz CT molecular complexity index is 417. The maximum absolute atomic E-state index is 12.3. The molecule has 0 aliphatic carbocycles. The van der Waals surface area contributed by atoms with Crippen LogP contribution in [0.1, 0.15) is 36.2 Å². The normalized spacial score (nSPS) is 9.71. The number of nitrogens with zero attached hydrogens (tertiary/aromatic N) is 1. The van der Waals surface area contributed by atoms with Gasteiger partial charge in [0, 0.05) is 12.1 Å². The van der Waals surface area contributed by atoms with E-state index in [0.717, 1.165) is 24.0 Å². The van der Waals surface area contributed by atoms with Crippen molar-refractivity contribution in [1.82, 2.24) is 4.90 Å². The Balaban J connectivity index is 2.97. The lowest BCUT2D eigenvalue weighted by Crippen LogP contribution is -2.32. The molecule has 0 aliphatic rings. The van der Waals surface area contributed by atoms with Crippen LogP contribution in [0.15, 0.2) is 24.3 Å². The largest absolute Gasteiger partial charge is 0.328 e. The molecule has 1 amide bonds. The van der Waals surface area contributed by atoms with Crippen LogP contribution in [0.25, 0.3) is 0 Å². The molecule has 2 nitrogen and oxygen atoms in total. The summed E-state index contributed by atoms with van der Waals surface area (Å²) in [6, 6.07) is 7.72. The van der Waals surface area contributed by atoms with E-state index in [9.17, 15) is 4.79 Å². The highest BCUT2D eigenvalue weighted by molar-refractivity contribution is 5.95. The van der Waals surface area contributed by atoms with Crippen LogP contribution < -0.4 is 0 Å². The fraction of sp³-hybridized carbons (Fsp3) is 0.400. The molecule has 0 bridgehead atoms. The van der Waals surface area contributed by atoms with Crippen molar-refractivity contribution >= 4 is 5.91 Å². The van der Waals surface area contributed by atoms with Crippen molar-refractivity contribution in [2.45, 2.75) is 26.7 Å². The molecule has 0 spiro atoms. The van der Waals surface area contributed by atoms with Gasteiger partial charge in [0.25, 0.3) is 5.91 Å². The van der Waals surface area contributed by atoms with Gasteiger partial charge in [-0.15, -0.1) is 6.42 Å². The van der Waals surface area contributed by atoms with Gasteiger partial charge in [-0.2, -0.15) is 0 Å². The maximum Gasteiger partial charge on any atom is 0.254 e. The number of rotatable bonds is 5. The van der Waals surface area contributed by atoms with Crippen molar-refractivity contribution in [2.24, 2.45) is 0 Å². The van der Waals surface area contributed by atoms with E-state index in [1.165, 1.54) is 0 Å². The van der Waals surface area contributed by atoms with Crippen LogP contribution in [0, 0.1) is 12.3 Å². The van der Waals surface area contributed by atoms with Gasteiger partial charge >= 0.3 is 0 Å². The summed E-state index contributed by atoms with van der Waals surface area (Å²) in [4.78, 5) is 14.1. The lowest BCUT2D eigenvalue weighted by atomic mass is 10.0. The molecule has 0 fully saturated rings. The second-order valence-electron chi connectivity index (χ2n) is 3.94. The van der Waals surface area contributed by atoms with Gasteiger partial charge in [0.05, 0.1) is 6.54 Å². The summed E-state index contributed by atoms with van der Waals surface area (Å²) < 4.78 is 0. The van der Waals surface area contributed by atoms with Crippen LogP contribution in [0.2, 0.25) is 0 Å². The summed E-state index contributed by atoms with van der Waals surface area (Å²) in [5, 5.41) is 0. The first kappa shape index (κ1) is 13.3. The van der Waals surface area contributed by atoms with E-state index < -0.39 is 0 Å². The van der Waals surface area contributed by atoms with Crippen LogP contribution in [0.5, 0.6) is 0 Å². The topological polar surface area (TPSA) is 20.3 Å². The molecule has 0 aliphatic heterocycles. The summed E-state index contributed by atoms with van der Waals surface area (Å²) >= 11 is 0. The Hall–Kier alpha value is -1.75. The predicted molar refractivity (Wildman–Crippen MR) is 70.8 cm³/mol. The van der Waals surface area contributed by atoms with E-state index >= 15 is 0 Å². The maximum atomic E-state index is 12.3. The Labute approximate surface area is 104 Å². The Morgan fingerprint density at radius 1 is 1.35 bits per heavy atom. The first-order valence-corrected chi connectivity index (χ1v) is 6.05. The SMILES string of the molecule is C#CCN(CCC)C(=O)c1ccccc1CC. The predicted octanol–water partition coefficient (Wildman–Crippen LogP) is 2.73. The molecule has 90 valence electrons. The molecule has 17 heavy (non-hydrogen) atoms. The summed E-state index contributed by atoms with van der Waals surface area (Å²) in [5.41, 5.74) is 1.86. The van der Waals surface area contributed by atoms with Gasteiger partial charge < -0.3 is 4.90 Å². The van der Waals surface area contributed by atoms with E-state index in [1.807, 2.05) is 31.2 Å². The average molecular weight is 229 g/mol. The number of carbonyl (C=O) groups excluding carboxylic acids is 1. The van der Waals surface area contributed by atoms with Crippen molar-refractivity contribution in [3.63, 3.8) is 0 Å². The van der Waals surface area contributed by atoms with Crippen LogP contribution in [-0.2, 0) is 6.42 Å². The highest BCUT2D eigenvalue weighted by Crippen LogP contribution is 2.12. The number of hydrogen-bond donors (Lipinski definition) is 0. The summed E-state index contributed by atoms with van der Waals surface area (Å²) in [6.45, 7) is 5.19. The quantitative estimate of drug-likeness (QED) is 0.711. The summed E-state index contributed by atoms with van der Waals surface area (Å²) in [5.74, 6) is 2.59. The van der Waals surface area contributed by atoms with E-state index in [1.54, 1.807) is 4.90 Å². The Morgan fingerprint density at radius 2 is 2.06 bits per heavy atom. The van der Waals surface area contributed by atoms with Crippen LogP contribution >= 0.6 is 0 Å². The third kappa shape index (κ3) is 3.35. The third-order valence-corrected chi connectivity index (χ3v) is 2.69. The van der Waals surface area contributed by atoms with Crippen molar-refractivity contribution in [3.05, 3.63) is 35.4 Å². The van der Waals surface area contributed by atoms with E-state index in [0.29, 0.717) is 13.1 Å². The van der Waals surface area contributed by atoms with Crippen molar-refractivity contribution < 1.29 is 4.79 Å². The molecule has 1 aromatic rings. The Morgan fingerprint density at radius 3 is 2.65 bits per heavy atom. The molecule has 0 N–H and O–H groups in total. The molecule has 1 rings (SSSR count). The minimum Gasteiger partial charge on any atom is -0.328 e. The van der Waals surface area contributed by atoms with Gasteiger partial charge in [-0.25, -0.2) is 0 Å². The van der Waals surface area contributed by atoms with E-state index in [-0.39, 0.29) is 5.91 Å². The van der Waals surface area contributed by atoms with Gasteiger partial charge in [-0.05, 0) is 24.5 Å². The molecule has 0 saturated heterocycles. The first-order valence-electron chi connectivity index (χ1n) is 6.05. The van der Waals surface area contributed by atoms with Gasteiger partial charge in [0.15, 0.2) is 0 Å². The molecule has 0 aromatic heterocycles. The van der Waals surface area contributed by atoms with Crippen molar-refractivity contribution in [3.8, 4) is 12.3 Å². The minimum atomic E-state index is 0.0438. The van der Waals surface area contributed by atoms with Gasteiger partial charge in [0.1, 0.15) is 0 Å². The zero-order valence-corrected chi connectivity index (χ0v) is 10.6. The molecular weight excluding hydrogens is 210 g/mol. The number of hydrogen-bond acceptors (Lipinski definition) is 1. The second-order valence-corrected chi connectivity index (χ2v) is 3.94. The highest BCUT2D eigenvalue weighted by Gasteiger charge is 2.16. The number of terminal acetylenes is 1. The molecule has 0 atom stereocenters. The summed E-state index contributed by atoms with van der Waals surface area (Å²) in [7, 11) is 0. The molecule has 2 heteroatoms. The number of carbonyl (C=O) groups is 1. The van der Waals surface area contributed by atoms with Crippen LogP contribution in [0.4, 0.5) is 0 Å². The minimum absolute atomic E-state index is 0.0438. The van der Waals surface area contributed by atoms with E-state index in [4.69, 9.17) is 6.42 Å². The fourth-order valence-corrected chi connectivity index (χ4v) is 1.84.